The molecule has 0 radical (unpaired) electrons. The third kappa shape index (κ3) is 3.97. The van der Waals surface area contributed by atoms with E-state index in [1.165, 1.54) is 0 Å². The summed E-state index contributed by atoms with van der Waals surface area (Å²) < 4.78 is 5.07. The quantitative estimate of drug-likeness (QED) is 0.692. The van der Waals surface area contributed by atoms with Gasteiger partial charge in [-0.15, -0.1) is 0 Å². The maximum atomic E-state index is 12.1. The van der Waals surface area contributed by atoms with E-state index in [0.717, 1.165) is 16.9 Å². The Labute approximate surface area is 129 Å². The number of hydrogen-bond donors (Lipinski definition) is 1. The lowest BCUT2D eigenvalue weighted by molar-refractivity contribution is -0.112. The highest BCUT2D eigenvalue weighted by atomic mass is 16.5. The van der Waals surface area contributed by atoms with E-state index in [9.17, 15) is 10.1 Å². The van der Waals surface area contributed by atoms with Gasteiger partial charge < -0.3 is 10.1 Å². The van der Waals surface area contributed by atoms with Crippen LogP contribution in [0, 0.1) is 18.3 Å². The molecule has 2 rings (SSSR count). The van der Waals surface area contributed by atoms with Gasteiger partial charge in [0, 0.05) is 5.69 Å². The third-order valence-electron chi connectivity index (χ3n) is 3.10. The Hall–Kier alpha value is -3.06. The van der Waals surface area contributed by atoms with Crippen LogP contribution < -0.4 is 10.1 Å². The number of carbonyl (C=O) groups excluding carboxylic acids is 1. The van der Waals surface area contributed by atoms with Crippen LogP contribution in [0.3, 0.4) is 0 Å². The highest BCUT2D eigenvalue weighted by Crippen LogP contribution is 2.15. The number of rotatable bonds is 4. The zero-order chi connectivity index (χ0) is 15.9. The minimum absolute atomic E-state index is 0.0470. The molecule has 0 aliphatic rings. The maximum Gasteiger partial charge on any atom is 0.266 e. The molecule has 1 N–H and O–H groups in total. The first-order valence-electron chi connectivity index (χ1n) is 6.76. The van der Waals surface area contributed by atoms with E-state index in [1.807, 2.05) is 25.1 Å². The molecule has 4 nitrogen and oxygen atoms in total. The fourth-order valence-electron chi connectivity index (χ4n) is 1.85. The largest absolute Gasteiger partial charge is 0.497 e. The molecule has 0 saturated carbocycles. The van der Waals surface area contributed by atoms with Gasteiger partial charge in [0.25, 0.3) is 5.91 Å². The van der Waals surface area contributed by atoms with Crippen LogP contribution in [0.1, 0.15) is 11.1 Å². The molecule has 0 atom stereocenters. The Morgan fingerprint density at radius 1 is 1.14 bits per heavy atom. The van der Waals surface area contributed by atoms with Crippen molar-refractivity contribution in [2.75, 3.05) is 12.4 Å². The number of anilines is 1. The van der Waals surface area contributed by atoms with Crippen LogP contribution in [0.5, 0.6) is 5.75 Å². The summed E-state index contributed by atoms with van der Waals surface area (Å²) in [7, 11) is 1.58. The molecule has 0 unspecified atom stereocenters. The van der Waals surface area contributed by atoms with Crippen LogP contribution in [0.4, 0.5) is 5.69 Å². The smallest absolute Gasteiger partial charge is 0.266 e. The number of hydrogen-bond acceptors (Lipinski definition) is 3. The van der Waals surface area contributed by atoms with Crippen molar-refractivity contribution in [2.24, 2.45) is 0 Å². The fraction of sp³-hybridized carbons (Fsp3) is 0.111. The van der Waals surface area contributed by atoms with Crippen LogP contribution >= 0.6 is 0 Å². The molecule has 22 heavy (non-hydrogen) atoms. The molecule has 0 bridgehead atoms. The summed E-state index contributed by atoms with van der Waals surface area (Å²) >= 11 is 0. The van der Waals surface area contributed by atoms with Crippen molar-refractivity contribution in [1.82, 2.24) is 0 Å². The fourth-order valence-corrected chi connectivity index (χ4v) is 1.85. The van der Waals surface area contributed by atoms with Crippen LogP contribution in [-0.2, 0) is 4.79 Å². The first-order chi connectivity index (χ1) is 10.6. The Balaban J connectivity index is 2.15. The van der Waals surface area contributed by atoms with Gasteiger partial charge in [0.05, 0.1) is 7.11 Å². The predicted octanol–water partition coefficient (Wildman–Crippen LogP) is 3.55. The van der Waals surface area contributed by atoms with E-state index in [1.54, 1.807) is 49.6 Å². The molecular formula is C18H16N2O2. The number of ether oxygens (including phenoxy) is 1. The molecule has 0 aliphatic heterocycles. The van der Waals surface area contributed by atoms with Crippen LogP contribution in [0.15, 0.2) is 54.1 Å². The zero-order valence-corrected chi connectivity index (χ0v) is 12.5. The summed E-state index contributed by atoms with van der Waals surface area (Å²) in [6, 6.07) is 16.5. The number of carbonyl (C=O) groups is 1. The summed E-state index contributed by atoms with van der Waals surface area (Å²) in [5.74, 6) is 0.293. The number of nitrogens with one attached hydrogen (secondary N) is 1. The average Bonchev–Trinajstić information content (AvgIpc) is 2.55. The Kier molecular flexibility index (Phi) is 4.94. The number of aryl methyl sites for hydroxylation is 1. The highest BCUT2D eigenvalue weighted by molar-refractivity contribution is 6.09. The van der Waals surface area contributed by atoms with Crippen LogP contribution in [-0.4, -0.2) is 13.0 Å². The molecule has 0 saturated heterocycles. The van der Waals surface area contributed by atoms with Crippen molar-refractivity contribution in [3.8, 4) is 11.8 Å². The molecule has 0 heterocycles. The Morgan fingerprint density at radius 3 is 2.32 bits per heavy atom. The van der Waals surface area contributed by atoms with Crippen LogP contribution in [0.25, 0.3) is 6.08 Å². The molecule has 0 fully saturated rings. The monoisotopic (exact) mass is 292 g/mol. The summed E-state index contributed by atoms with van der Waals surface area (Å²) in [5.41, 5.74) is 2.57. The minimum Gasteiger partial charge on any atom is -0.497 e. The second kappa shape index (κ2) is 7.09. The topological polar surface area (TPSA) is 62.1 Å². The number of benzene rings is 2. The second-order valence-electron chi connectivity index (χ2n) is 4.76. The maximum absolute atomic E-state index is 12.1. The van der Waals surface area contributed by atoms with E-state index >= 15 is 0 Å². The van der Waals surface area contributed by atoms with Gasteiger partial charge in [-0.25, -0.2) is 0 Å². The lowest BCUT2D eigenvalue weighted by atomic mass is 10.1. The summed E-state index contributed by atoms with van der Waals surface area (Å²) in [6.07, 6.45) is 1.54. The van der Waals surface area contributed by atoms with Gasteiger partial charge >= 0.3 is 0 Å². The van der Waals surface area contributed by atoms with Crippen molar-refractivity contribution in [3.63, 3.8) is 0 Å². The molecule has 0 aromatic heterocycles. The van der Waals surface area contributed by atoms with Crippen molar-refractivity contribution < 1.29 is 9.53 Å². The van der Waals surface area contributed by atoms with Crippen molar-refractivity contribution in [2.45, 2.75) is 6.92 Å². The van der Waals surface area contributed by atoms with E-state index in [4.69, 9.17) is 4.74 Å². The van der Waals surface area contributed by atoms with Gasteiger partial charge in [-0.1, -0.05) is 29.8 Å². The summed E-state index contributed by atoms with van der Waals surface area (Å²) in [4.78, 5) is 12.1. The SMILES string of the molecule is COc1ccc(/C=C(\C#N)C(=O)Nc2ccc(C)cc2)cc1. The second-order valence-corrected chi connectivity index (χ2v) is 4.76. The lowest BCUT2D eigenvalue weighted by Gasteiger charge is -2.05. The zero-order valence-electron chi connectivity index (χ0n) is 12.5. The molecule has 4 heteroatoms. The molecule has 0 spiro atoms. The van der Waals surface area contributed by atoms with Gasteiger partial charge in [-0.3, -0.25) is 4.79 Å². The summed E-state index contributed by atoms with van der Waals surface area (Å²) in [6.45, 7) is 1.97. The van der Waals surface area contributed by atoms with E-state index in [0.29, 0.717) is 5.69 Å². The number of nitrogens with zero attached hydrogens (tertiary/aromatic N) is 1. The number of amides is 1. The first-order valence-corrected chi connectivity index (χ1v) is 6.76. The van der Waals surface area contributed by atoms with E-state index in [2.05, 4.69) is 5.32 Å². The molecule has 0 aliphatic carbocycles. The third-order valence-corrected chi connectivity index (χ3v) is 3.10. The molecule has 2 aromatic carbocycles. The lowest BCUT2D eigenvalue weighted by Crippen LogP contribution is -2.13. The van der Waals surface area contributed by atoms with Gasteiger partial charge in [0.15, 0.2) is 0 Å². The Morgan fingerprint density at radius 2 is 1.77 bits per heavy atom. The van der Waals surface area contributed by atoms with Crippen molar-refractivity contribution in [1.29, 1.82) is 5.26 Å². The standard InChI is InChI=1S/C18H16N2O2/c1-13-3-7-16(8-4-13)20-18(21)15(12-19)11-14-5-9-17(22-2)10-6-14/h3-11H,1-2H3,(H,20,21)/b15-11+. The molecule has 110 valence electrons. The van der Waals surface area contributed by atoms with Gasteiger partial charge in [0.2, 0.25) is 0 Å². The minimum atomic E-state index is -0.429. The first kappa shape index (κ1) is 15.3. The van der Waals surface area contributed by atoms with Crippen molar-refractivity contribution in [3.05, 3.63) is 65.2 Å². The highest BCUT2D eigenvalue weighted by Gasteiger charge is 2.09. The van der Waals surface area contributed by atoms with Gasteiger partial charge in [-0.05, 0) is 42.8 Å². The normalized spacial score (nSPS) is 10.7. The summed E-state index contributed by atoms with van der Waals surface area (Å²) in [5, 5.41) is 11.9. The molecule has 2 aromatic rings. The number of nitriles is 1. The van der Waals surface area contributed by atoms with Crippen molar-refractivity contribution >= 4 is 17.7 Å². The number of methoxy groups -OCH3 is 1. The van der Waals surface area contributed by atoms with Gasteiger partial charge in [0.1, 0.15) is 17.4 Å². The van der Waals surface area contributed by atoms with Gasteiger partial charge in [-0.2, -0.15) is 5.26 Å². The average molecular weight is 292 g/mol. The molecular weight excluding hydrogens is 276 g/mol. The van der Waals surface area contributed by atoms with Crippen LogP contribution in [0.2, 0.25) is 0 Å². The molecule has 1 amide bonds. The Bertz CT molecular complexity index is 723. The predicted molar refractivity (Wildman–Crippen MR) is 86.4 cm³/mol. The van der Waals surface area contributed by atoms with E-state index < -0.39 is 5.91 Å². The van der Waals surface area contributed by atoms with E-state index in [-0.39, 0.29) is 5.57 Å².